The number of anilines is 1. The second kappa shape index (κ2) is 13.8. The lowest BCUT2D eigenvalue weighted by Gasteiger charge is -2.33. The molecule has 4 rings (SSSR count). The summed E-state index contributed by atoms with van der Waals surface area (Å²) >= 11 is 0. The summed E-state index contributed by atoms with van der Waals surface area (Å²) in [5.41, 5.74) is 7.28. The van der Waals surface area contributed by atoms with E-state index in [0.717, 1.165) is 53.8 Å². The van der Waals surface area contributed by atoms with Crippen molar-refractivity contribution < 1.29 is 4.74 Å². The lowest BCUT2D eigenvalue weighted by molar-refractivity contribution is 0.377. The molecular formula is C23H30Cl3N7O. The van der Waals surface area contributed by atoms with E-state index in [4.69, 9.17) is 25.8 Å². The zero-order chi connectivity index (χ0) is 21.6. The lowest BCUT2D eigenvalue weighted by Crippen LogP contribution is -2.50. The minimum atomic E-state index is -0.00750. The van der Waals surface area contributed by atoms with E-state index >= 15 is 0 Å². The van der Waals surface area contributed by atoms with Gasteiger partial charge in [0.2, 0.25) is 0 Å². The van der Waals surface area contributed by atoms with Crippen LogP contribution < -0.4 is 21.1 Å². The molecule has 2 aromatic heterocycles. The van der Waals surface area contributed by atoms with Gasteiger partial charge in [0.15, 0.2) is 11.8 Å². The van der Waals surface area contributed by atoms with Crippen molar-refractivity contribution in [3.05, 3.63) is 54.1 Å². The van der Waals surface area contributed by atoms with Crippen molar-refractivity contribution in [1.82, 2.24) is 20.3 Å². The zero-order valence-electron chi connectivity index (χ0n) is 18.7. The molecule has 2 heterocycles. The average molecular weight is 527 g/mol. The highest BCUT2D eigenvalue weighted by molar-refractivity contribution is 5.91. The number of benzene rings is 1. The SMILES string of the molecule is COc1ccc2nc(/C=C\c3ccccn3)nc(N[C@H]3CCCC[C@H]3NC(=N)N)c2c1.Cl.Cl.Cl. The minimum absolute atomic E-state index is 0. The van der Waals surface area contributed by atoms with E-state index in [9.17, 15) is 0 Å². The van der Waals surface area contributed by atoms with Crippen molar-refractivity contribution in [2.75, 3.05) is 12.4 Å². The van der Waals surface area contributed by atoms with Gasteiger partial charge in [-0.15, -0.1) is 37.2 Å². The monoisotopic (exact) mass is 525 g/mol. The largest absolute Gasteiger partial charge is 0.497 e. The van der Waals surface area contributed by atoms with Crippen molar-refractivity contribution in [3.63, 3.8) is 0 Å². The standard InChI is InChI=1S/C23H27N7O.3ClH/c1-31-16-10-11-18-17(14-16)22(28-19-7-2-3-8-20(19)29-23(24)25)30-21(27-18)12-9-15-6-4-5-13-26-15;;;/h4-6,9-14,19-20H,2-3,7-8H2,1H3,(H4,24,25,29)(H,27,28,30);3*1H/b12-9-;;;/t19-,20+;;;/m0.../s1. The normalized spacial score (nSPS) is 17.1. The third-order valence-corrected chi connectivity index (χ3v) is 5.44. The number of hydrogen-bond acceptors (Lipinski definition) is 6. The molecule has 1 aromatic carbocycles. The molecule has 0 aliphatic heterocycles. The summed E-state index contributed by atoms with van der Waals surface area (Å²) in [6, 6.07) is 11.7. The number of ether oxygens (including phenoxy) is 1. The maximum Gasteiger partial charge on any atom is 0.185 e. The first-order valence-electron chi connectivity index (χ1n) is 10.4. The molecule has 3 aromatic rings. The molecule has 0 saturated heterocycles. The Morgan fingerprint density at radius 3 is 2.50 bits per heavy atom. The van der Waals surface area contributed by atoms with Gasteiger partial charge in [0.1, 0.15) is 11.6 Å². The molecule has 1 fully saturated rings. The third kappa shape index (κ3) is 7.35. The van der Waals surface area contributed by atoms with E-state index in [0.29, 0.717) is 5.82 Å². The van der Waals surface area contributed by atoms with E-state index in [1.165, 1.54) is 0 Å². The highest BCUT2D eigenvalue weighted by Gasteiger charge is 2.26. The summed E-state index contributed by atoms with van der Waals surface area (Å²) in [5.74, 6) is 2.08. The highest BCUT2D eigenvalue weighted by atomic mass is 35.5. The van der Waals surface area contributed by atoms with Crippen LogP contribution in [0.4, 0.5) is 5.82 Å². The van der Waals surface area contributed by atoms with Crippen molar-refractivity contribution in [2.45, 2.75) is 37.8 Å². The van der Waals surface area contributed by atoms with E-state index in [1.54, 1.807) is 13.3 Å². The fraction of sp³-hybridized carbons (Fsp3) is 0.304. The van der Waals surface area contributed by atoms with Gasteiger partial charge in [0.05, 0.1) is 18.3 Å². The number of fused-ring (bicyclic) bond motifs is 1. The number of methoxy groups -OCH3 is 1. The van der Waals surface area contributed by atoms with Gasteiger partial charge in [0, 0.05) is 23.7 Å². The first kappa shape index (κ1) is 29.2. The number of nitrogens with zero attached hydrogens (tertiary/aromatic N) is 3. The van der Waals surface area contributed by atoms with Crippen LogP contribution in [0.25, 0.3) is 23.1 Å². The van der Waals surface area contributed by atoms with Crippen LogP contribution in [0.2, 0.25) is 0 Å². The Balaban J connectivity index is 0.00000193. The Labute approximate surface area is 217 Å². The van der Waals surface area contributed by atoms with E-state index in [-0.39, 0.29) is 55.3 Å². The quantitative estimate of drug-likeness (QED) is 0.272. The number of guanidine groups is 1. The van der Waals surface area contributed by atoms with Crippen LogP contribution in [0.5, 0.6) is 5.75 Å². The summed E-state index contributed by atoms with van der Waals surface area (Å²) in [7, 11) is 1.65. The molecule has 0 bridgehead atoms. The third-order valence-electron chi connectivity index (χ3n) is 5.44. The first-order chi connectivity index (χ1) is 15.1. The Morgan fingerprint density at radius 1 is 1.06 bits per heavy atom. The topological polar surface area (TPSA) is 122 Å². The second-order valence-corrected chi connectivity index (χ2v) is 7.60. The van der Waals surface area contributed by atoms with E-state index < -0.39 is 0 Å². The van der Waals surface area contributed by atoms with Crippen LogP contribution in [-0.4, -0.2) is 40.1 Å². The van der Waals surface area contributed by atoms with Crippen molar-refractivity contribution in [3.8, 4) is 5.75 Å². The van der Waals surface area contributed by atoms with Crippen molar-refractivity contribution >= 4 is 72.1 Å². The van der Waals surface area contributed by atoms with Gasteiger partial charge in [-0.1, -0.05) is 18.9 Å². The summed E-state index contributed by atoms with van der Waals surface area (Å²) in [6.07, 6.45) is 9.67. The average Bonchev–Trinajstić information content (AvgIpc) is 2.79. The molecule has 2 atom stereocenters. The highest BCUT2D eigenvalue weighted by Crippen LogP contribution is 2.29. The molecule has 8 nitrogen and oxygen atoms in total. The van der Waals surface area contributed by atoms with Gasteiger partial charge >= 0.3 is 0 Å². The summed E-state index contributed by atoms with van der Waals surface area (Å²) in [4.78, 5) is 13.8. The molecule has 1 aliphatic carbocycles. The number of pyridine rings is 1. The number of nitrogens with two attached hydrogens (primary N) is 1. The summed E-state index contributed by atoms with van der Waals surface area (Å²) < 4.78 is 5.41. The Hall–Kier alpha value is -2.81. The molecule has 0 unspecified atom stereocenters. The van der Waals surface area contributed by atoms with Crippen LogP contribution in [0.15, 0.2) is 42.6 Å². The maximum atomic E-state index is 7.64. The smallest absolute Gasteiger partial charge is 0.185 e. The second-order valence-electron chi connectivity index (χ2n) is 7.60. The fourth-order valence-electron chi connectivity index (χ4n) is 3.92. The molecule has 34 heavy (non-hydrogen) atoms. The van der Waals surface area contributed by atoms with Crippen LogP contribution in [0, 0.1) is 5.41 Å². The van der Waals surface area contributed by atoms with Crippen LogP contribution in [0.3, 0.4) is 0 Å². The Kier molecular flexibility index (Phi) is 11.9. The summed E-state index contributed by atoms with van der Waals surface area (Å²) in [6.45, 7) is 0. The van der Waals surface area contributed by atoms with Crippen molar-refractivity contribution in [1.29, 1.82) is 5.41 Å². The predicted octanol–water partition coefficient (Wildman–Crippen LogP) is 4.68. The van der Waals surface area contributed by atoms with Gasteiger partial charge in [-0.25, -0.2) is 9.97 Å². The van der Waals surface area contributed by atoms with E-state index in [2.05, 4.69) is 15.6 Å². The number of halogens is 3. The van der Waals surface area contributed by atoms with Crippen LogP contribution in [-0.2, 0) is 0 Å². The molecule has 0 amide bonds. The van der Waals surface area contributed by atoms with Gasteiger partial charge in [0.25, 0.3) is 0 Å². The molecular weight excluding hydrogens is 497 g/mol. The zero-order valence-corrected chi connectivity index (χ0v) is 21.2. The van der Waals surface area contributed by atoms with Crippen LogP contribution >= 0.6 is 37.2 Å². The predicted molar refractivity (Wildman–Crippen MR) is 146 cm³/mol. The maximum absolute atomic E-state index is 7.64. The molecule has 1 aliphatic rings. The lowest BCUT2D eigenvalue weighted by atomic mass is 9.90. The summed E-state index contributed by atoms with van der Waals surface area (Å²) in [5, 5.41) is 15.2. The van der Waals surface area contributed by atoms with Gasteiger partial charge in [-0.3, -0.25) is 10.4 Å². The van der Waals surface area contributed by atoms with Crippen molar-refractivity contribution in [2.24, 2.45) is 5.73 Å². The number of hydrogen-bond donors (Lipinski definition) is 4. The molecule has 5 N–H and O–H groups in total. The van der Waals surface area contributed by atoms with Gasteiger partial charge < -0.3 is 21.1 Å². The number of nitrogens with one attached hydrogen (secondary N) is 3. The number of aromatic nitrogens is 3. The fourth-order valence-corrected chi connectivity index (χ4v) is 3.92. The Bertz CT molecular complexity index is 1100. The van der Waals surface area contributed by atoms with E-state index in [1.807, 2.05) is 48.6 Å². The molecule has 184 valence electrons. The molecule has 1 saturated carbocycles. The van der Waals surface area contributed by atoms with Gasteiger partial charge in [-0.05, 0) is 55.3 Å². The first-order valence-corrected chi connectivity index (χ1v) is 10.4. The van der Waals surface area contributed by atoms with Gasteiger partial charge in [-0.2, -0.15) is 0 Å². The molecule has 11 heteroatoms. The number of rotatable bonds is 6. The minimum Gasteiger partial charge on any atom is -0.497 e. The molecule has 0 radical (unpaired) electrons. The van der Waals surface area contributed by atoms with Crippen LogP contribution in [0.1, 0.15) is 37.2 Å². The Morgan fingerprint density at radius 2 is 1.82 bits per heavy atom. The molecule has 0 spiro atoms.